The molecule has 3 rings (SSSR count). The molecule has 0 aliphatic rings. The Morgan fingerprint density at radius 1 is 0.759 bits per heavy atom. The van der Waals surface area contributed by atoms with Gasteiger partial charge in [0, 0.05) is 29.9 Å². The number of hydrogen-bond acceptors (Lipinski definition) is 2. The molecule has 0 radical (unpaired) electrons. The van der Waals surface area contributed by atoms with E-state index in [1.54, 1.807) is 4.90 Å². The Balaban J connectivity index is 1.63. The lowest BCUT2D eigenvalue weighted by atomic mass is 10.1. The summed E-state index contributed by atoms with van der Waals surface area (Å²) in [6.45, 7) is 0.708. The molecule has 0 fully saturated rings. The molecule has 2 amide bonds. The summed E-state index contributed by atoms with van der Waals surface area (Å²) in [6.07, 6.45) is 0.509. The van der Waals surface area contributed by atoms with Crippen LogP contribution in [0.4, 0.5) is 14.5 Å². The van der Waals surface area contributed by atoms with Gasteiger partial charge in [0.25, 0.3) is 11.8 Å². The number of para-hydroxylation sites is 1. The molecule has 0 bridgehead atoms. The van der Waals surface area contributed by atoms with Gasteiger partial charge in [-0.2, -0.15) is 0 Å². The maximum atomic E-state index is 13.2. The molecule has 3 aromatic rings. The highest BCUT2D eigenvalue weighted by atomic mass is 19.1. The van der Waals surface area contributed by atoms with E-state index in [4.69, 9.17) is 0 Å². The van der Waals surface area contributed by atoms with Crippen LogP contribution >= 0.6 is 0 Å². The van der Waals surface area contributed by atoms with Crippen LogP contribution in [0.1, 0.15) is 27.1 Å². The molecule has 0 unspecified atom stereocenters. The van der Waals surface area contributed by atoms with Crippen LogP contribution in [0.15, 0.2) is 78.9 Å². The summed E-state index contributed by atoms with van der Waals surface area (Å²) < 4.78 is 26.1. The second-order valence-electron chi connectivity index (χ2n) is 6.42. The van der Waals surface area contributed by atoms with Crippen LogP contribution in [-0.2, 0) is 0 Å². The van der Waals surface area contributed by atoms with Crippen molar-refractivity contribution in [3.05, 3.63) is 102 Å². The third kappa shape index (κ3) is 5.48. The maximum Gasteiger partial charge on any atom is 0.258 e. The number of carbonyl (C=O) groups excluding carboxylic acids is 2. The van der Waals surface area contributed by atoms with E-state index < -0.39 is 11.6 Å². The molecular weight excluding hydrogens is 374 g/mol. The van der Waals surface area contributed by atoms with Crippen LogP contribution in [-0.4, -0.2) is 24.9 Å². The minimum atomic E-state index is -0.406. The van der Waals surface area contributed by atoms with Gasteiger partial charge < -0.3 is 10.2 Å². The van der Waals surface area contributed by atoms with Crippen LogP contribution in [0.5, 0.6) is 0 Å². The molecule has 1 N–H and O–H groups in total. The molecule has 0 saturated heterocycles. The zero-order chi connectivity index (χ0) is 20.6. The highest BCUT2D eigenvalue weighted by molar-refractivity contribution is 6.06. The van der Waals surface area contributed by atoms with Crippen molar-refractivity contribution in [3.8, 4) is 0 Å². The Morgan fingerprint density at radius 3 is 1.90 bits per heavy atom. The second kappa shape index (κ2) is 9.59. The summed E-state index contributed by atoms with van der Waals surface area (Å²) in [5, 5.41) is 2.76. The van der Waals surface area contributed by atoms with Gasteiger partial charge in [-0.3, -0.25) is 9.59 Å². The molecule has 4 nitrogen and oxygen atoms in total. The summed E-state index contributed by atoms with van der Waals surface area (Å²) in [4.78, 5) is 26.6. The Morgan fingerprint density at radius 2 is 1.31 bits per heavy atom. The standard InChI is InChI=1S/C23H20F2N2O2/c24-19-11-7-17(8-12-19)22(28)26-15-4-16-27(21-5-2-1-3-6-21)23(29)18-9-13-20(25)14-10-18/h1-3,5-14H,4,15-16H2,(H,26,28). The average molecular weight is 394 g/mol. The van der Waals surface area contributed by atoms with Crippen molar-refractivity contribution in [1.29, 1.82) is 0 Å². The van der Waals surface area contributed by atoms with E-state index in [-0.39, 0.29) is 11.8 Å². The van der Waals surface area contributed by atoms with Gasteiger partial charge in [-0.25, -0.2) is 8.78 Å². The van der Waals surface area contributed by atoms with Crippen LogP contribution in [0.3, 0.4) is 0 Å². The van der Waals surface area contributed by atoms with Crippen LogP contribution in [0.25, 0.3) is 0 Å². The number of nitrogens with one attached hydrogen (secondary N) is 1. The fraction of sp³-hybridized carbons (Fsp3) is 0.130. The van der Waals surface area contributed by atoms with E-state index in [2.05, 4.69) is 5.32 Å². The van der Waals surface area contributed by atoms with E-state index in [1.807, 2.05) is 30.3 Å². The number of anilines is 1. The number of carbonyl (C=O) groups is 2. The molecule has 0 aliphatic heterocycles. The van der Waals surface area contributed by atoms with Crippen molar-refractivity contribution in [1.82, 2.24) is 5.32 Å². The number of hydrogen-bond donors (Lipinski definition) is 1. The number of halogens is 2. The summed E-state index contributed by atoms with van der Waals surface area (Å²) in [6, 6.07) is 19.8. The predicted octanol–water partition coefficient (Wildman–Crippen LogP) is 4.43. The summed E-state index contributed by atoms with van der Waals surface area (Å²) in [7, 11) is 0. The maximum absolute atomic E-state index is 13.2. The monoisotopic (exact) mass is 394 g/mol. The third-order valence-corrected chi connectivity index (χ3v) is 4.35. The molecule has 3 aromatic carbocycles. The number of benzene rings is 3. The van der Waals surface area contributed by atoms with Gasteiger partial charge in [0.15, 0.2) is 0 Å². The van der Waals surface area contributed by atoms with Gasteiger partial charge in [-0.15, -0.1) is 0 Å². The summed E-state index contributed by atoms with van der Waals surface area (Å²) in [5.41, 5.74) is 1.46. The van der Waals surface area contributed by atoms with Gasteiger partial charge in [-0.05, 0) is 67.1 Å². The Labute approximate surface area is 167 Å². The average Bonchev–Trinajstić information content (AvgIpc) is 2.75. The van der Waals surface area contributed by atoms with Crippen molar-refractivity contribution in [2.45, 2.75) is 6.42 Å². The molecule has 0 aliphatic carbocycles. The lowest BCUT2D eigenvalue weighted by molar-refractivity contribution is 0.0953. The first-order valence-electron chi connectivity index (χ1n) is 9.21. The van der Waals surface area contributed by atoms with Gasteiger partial charge >= 0.3 is 0 Å². The quantitative estimate of drug-likeness (QED) is 0.603. The molecule has 0 spiro atoms. The fourth-order valence-corrected chi connectivity index (χ4v) is 2.85. The van der Waals surface area contributed by atoms with Gasteiger partial charge in [0.05, 0.1) is 0 Å². The zero-order valence-electron chi connectivity index (χ0n) is 15.6. The zero-order valence-corrected chi connectivity index (χ0v) is 15.6. The van der Waals surface area contributed by atoms with E-state index >= 15 is 0 Å². The Hall–Kier alpha value is -3.54. The largest absolute Gasteiger partial charge is 0.352 e. The molecule has 0 heterocycles. The van der Waals surface area contributed by atoms with Gasteiger partial charge in [0.1, 0.15) is 11.6 Å². The van der Waals surface area contributed by atoms with Crippen molar-refractivity contribution in [2.24, 2.45) is 0 Å². The van der Waals surface area contributed by atoms with Crippen LogP contribution in [0, 0.1) is 11.6 Å². The SMILES string of the molecule is O=C(NCCCN(C(=O)c1ccc(F)cc1)c1ccccc1)c1ccc(F)cc1. The van der Waals surface area contributed by atoms with E-state index in [0.717, 1.165) is 0 Å². The Kier molecular flexibility index (Phi) is 6.68. The molecule has 29 heavy (non-hydrogen) atoms. The lowest BCUT2D eigenvalue weighted by Crippen LogP contribution is -2.34. The van der Waals surface area contributed by atoms with Crippen molar-refractivity contribution >= 4 is 17.5 Å². The van der Waals surface area contributed by atoms with Crippen molar-refractivity contribution < 1.29 is 18.4 Å². The molecule has 148 valence electrons. The normalized spacial score (nSPS) is 10.4. The molecule has 0 saturated carbocycles. The first-order chi connectivity index (χ1) is 14.0. The molecule has 0 aromatic heterocycles. The first-order valence-corrected chi connectivity index (χ1v) is 9.21. The Bertz CT molecular complexity index is 958. The van der Waals surface area contributed by atoms with Crippen molar-refractivity contribution in [3.63, 3.8) is 0 Å². The fourth-order valence-electron chi connectivity index (χ4n) is 2.85. The number of amides is 2. The van der Waals surface area contributed by atoms with E-state index in [1.165, 1.54) is 48.5 Å². The van der Waals surface area contributed by atoms with Crippen LogP contribution < -0.4 is 10.2 Å². The summed E-state index contributed by atoms with van der Waals surface area (Å²) >= 11 is 0. The summed E-state index contributed by atoms with van der Waals surface area (Å²) in [5.74, 6) is -1.36. The molecule has 0 atom stereocenters. The molecule has 6 heteroatoms. The van der Waals surface area contributed by atoms with Crippen LogP contribution in [0.2, 0.25) is 0 Å². The lowest BCUT2D eigenvalue weighted by Gasteiger charge is -2.23. The predicted molar refractivity (Wildman–Crippen MR) is 108 cm³/mol. The third-order valence-electron chi connectivity index (χ3n) is 4.35. The van der Waals surface area contributed by atoms with Crippen molar-refractivity contribution in [2.75, 3.05) is 18.0 Å². The minimum absolute atomic E-state index is 0.249. The van der Waals surface area contributed by atoms with E-state index in [9.17, 15) is 18.4 Å². The van der Waals surface area contributed by atoms with Gasteiger partial charge in [0.2, 0.25) is 0 Å². The first kappa shape index (κ1) is 20.2. The second-order valence-corrected chi connectivity index (χ2v) is 6.42. The minimum Gasteiger partial charge on any atom is -0.352 e. The van der Waals surface area contributed by atoms with E-state index in [0.29, 0.717) is 36.3 Å². The topological polar surface area (TPSA) is 49.4 Å². The van der Waals surface area contributed by atoms with Gasteiger partial charge in [-0.1, -0.05) is 18.2 Å². The highest BCUT2D eigenvalue weighted by Crippen LogP contribution is 2.17. The number of nitrogens with zero attached hydrogens (tertiary/aromatic N) is 1. The highest BCUT2D eigenvalue weighted by Gasteiger charge is 2.17. The molecular formula is C23H20F2N2O2. The number of rotatable bonds is 7. The smallest absolute Gasteiger partial charge is 0.258 e.